The molecule has 1 aromatic rings. The van der Waals surface area contributed by atoms with Crippen molar-refractivity contribution in [2.45, 2.75) is 45.5 Å². The molecule has 0 aliphatic carbocycles. The molecule has 0 radical (unpaired) electrons. The van der Waals surface area contributed by atoms with E-state index in [2.05, 4.69) is 31.2 Å². The van der Waals surface area contributed by atoms with Gasteiger partial charge in [-0.25, -0.2) is 0 Å². The zero-order chi connectivity index (χ0) is 15.9. The van der Waals surface area contributed by atoms with Gasteiger partial charge < -0.3 is 13.3 Å². The first kappa shape index (κ1) is 18.7. The van der Waals surface area contributed by atoms with Gasteiger partial charge in [0.25, 0.3) is 0 Å². The second kappa shape index (κ2) is 8.91. The van der Waals surface area contributed by atoms with Gasteiger partial charge in [0.05, 0.1) is 10.9 Å². The van der Waals surface area contributed by atoms with E-state index in [4.69, 9.17) is 24.9 Å². The molecule has 5 heteroatoms. The van der Waals surface area contributed by atoms with Gasteiger partial charge in [0.2, 0.25) is 0 Å². The fraction of sp³-hybridized carbons (Fsp3) is 0.625. The predicted octanol–water partition coefficient (Wildman–Crippen LogP) is 4.68. The van der Waals surface area contributed by atoms with Crippen LogP contribution in [0.25, 0.3) is 0 Å². The molecule has 0 N–H and O–H groups in total. The van der Waals surface area contributed by atoms with E-state index in [-0.39, 0.29) is 10.9 Å². The minimum absolute atomic E-state index is 0.0158. The highest BCUT2D eigenvalue weighted by Gasteiger charge is 2.47. The first-order chi connectivity index (χ1) is 10.0. The van der Waals surface area contributed by atoms with Crippen LogP contribution in [-0.4, -0.2) is 28.6 Å². The van der Waals surface area contributed by atoms with Crippen molar-refractivity contribution in [1.29, 1.82) is 0 Å². The van der Waals surface area contributed by atoms with E-state index in [9.17, 15) is 0 Å². The smallest absolute Gasteiger partial charge is 0.373 e. The summed E-state index contributed by atoms with van der Waals surface area (Å²) in [7, 11) is -2.72. The Hall–Kier alpha value is -0.393. The van der Waals surface area contributed by atoms with E-state index >= 15 is 0 Å². The predicted molar refractivity (Wildman–Crippen MR) is 89.8 cm³/mol. The van der Waals surface area contributed by atoms with Crippen LogP contribution < -0.4 is 0 Å². The average Bonchev–Trinajstić information content (AvgIpc) is 2.47. The monoisotopic (exact) mass is 330 g/mol. The lowest BCUT2D eigenvalue weighted by Gasteiger charge is -2.33. The van der Waals surface area contributed by atoms with Crippen LogP contribution in [0.15, 0.2) is 24.3 Å². The van der Waals surface area contributed by atoms with Crippen LogP contribution in [0.4, 0.5) is 0 Å². The molecule has 0 saturated heterocycles. The van der Waals surface area contributed by atoms with Crippen LogP contribution >= 0.6 is 11.6 Å². The lowest BCUT2D eigenvalue weighted by atomic mass is 10.1. The number of hydrogen-bond acceptors (Lipinski definition) is 3. The third kappa shape index (κ3) is 4.79. The van der Waals surface area contributed by atoms with E-state index in [1.165, 1.54) is 0 Å². The fourth-order valence-corrected chi connectivity index (χ4v) is 5.31. The minimum atomic E-state index is -2.72. The summed E-state index contributed by atoms with van der Waals surface area (Å²) in [6, 6.07) is 8.31. The summed E-state index contributed by atoms with van der Waals surface area (Å²) in [5, 5.41) is 0.0158. The van der Waals surface area contributed by atoms with Crippen molar-refractivity contribution < 1.29 is 13.3 Å². The molecular weight excluding hydrogens is 304 g/mol. The van der Waals surface area contributed by atoms with Crippen molar-refractivity contribution in [1.82, 2.24) is 0 Å². The molecule has 21 heavy (non-hydrogen) atoms. The number of benzene rings is 1. The maximum Gasteiger partial charge on any atom is 0.508 e. The number of halogens is 1. The Bertz CT molecular complexity index is 391. The van der Waals surface area contributed by atoms with E-state index in [1.54, 1.807) is 0 Å². The second-order valence-electron chi connectivity index (χ2n) is 4.91. The first-order valence-electron chi connectivity index (χ1n) is 7.66. The molecular formula is C16H27ClO3Si. The van der Waals surface area contributed by atoms with Gasteiger partial charge in [0, 0.05) is 19.8 Å². The summed E-state index contributed by atoms with van der Waals surface area (Å²) in [6.45, 7) is 11.8. The third-order valence-electron chi connectivity index (χ3n) is 3.46. The standard InChI is InChI=1S/C16H27ClO3Si/c1-6-18-21(19-7-2,20-8-3)14(5)16-11-9-15(10-12-16)13(4)17/h9-14H,6-8H2,1-5H3. The summed E-state index contributed by atoms with van der Waals surface area (Å²) in [5.41, 5.74) is 2.37. The molecule has 0 spiro atoms. The van der Waals surface area contributed by atoms with Crippen LogP contribution in [0.2, 0.25) is 0 Å². The molecule has 0 fully saturated rings. The van der Waals surface area contributed by atoms with Gasteiger partial charge in [-0.15, -0.1) is 11.6 Å². The van der Waals surface area contributed by atoms with Crippen LogP contribution in [0, 0.1) is 0 Å². The van der Waals surface area contributed by atoms with Crippen LogP contribution in [0.3, 0.4) is 0 Å². The Labute approximate surface area is 134 Å². The minimum Gasteiger partial charge on any atom is -0.373 e. The Morgan fingerprint density at radius 3 is 1.57 bits per heavy atom. The zero-order valence-electron chi connectivity index (χ0n) is 13.7. The normalized spacial score (nSPS) is 15.0. The quantitative estimate of drug-likeness (QED) is 0.486. The third-order valence-corrected chi connectivity index (χ3v) is 7.18. The van der Waals surface area contributed by atoms with Gasteiger partial charge in [-0.2, -0.15) is 0 Å². The zero-order valence-corrected chi connectivity index (χ0v) is 15.4. The molecule has 0 aliphatic heterocycles. The highest BCUT2D eigenvalue weighted by Crippen LogP contribution is 2.31. The molecule has 0 aromatic heterocycles. The maximum atomic E-state index is 6.11. The van der Waals surface area contributed by atoms with Crippen molar-refractivity contribution >= 4 is 20.4 Å². The Kier molecular flexibility index (Phi) is 7.91. The van der Waals surface area contributed by atoms with E-state index in [1.807, 2.05) is 27.7 Å². The van der Waals surface area contributed by atoms with Gasteiger partial charge in [-0.05, 0) is 38.8 Å². The fourth-order valence-electron chi connectivity index (χ4n) is 2.36. The molecule has 3 nitrogen and oxygen atoms in total. The van der Waals surface area contributed by atoms with Crippen molar-refractivity contribution in [3.05, 3.63) is 35.4 Å². The number of hydrogen-bond donors (Lipinski definition) is 0. The summed E-state index contributed by atoms with van der Waals surface area (Å²) in [6.07, 6.45) is 0. The van der Waals surface area contributed by atoms with Crippen molar-refractivity contribution in [3.63, 3.8) is 0 Å². The molecule has 1 rings (SSSR count). The maximum absolute atomic E-state index is 6.11. The summed E-state index contributed by atoms with van der Waals surface area (Å²) in [5.74, 6) is 0. The van der Waals surface area contributed by atoms with Gasteiger partial charge in [0.15, 0.2) is 0 Å². The summed E-state index contributed by atoms with van der Waals surface area (Å²) in [4.78, 5) is 0. The summed E-state index contributed by atoms with van der Waals surface area (Å²) >= 11 is 6.11. The molecule has 0 bridgehead atoms. The molecule has 1 aromatic carbocycles. The van der Waals surface area contributed by atoms with Crippen molar-refractivity contribution in [2.24, 2.45) is 0 Å². The molecule has 2 atom stereocenters. The molecule has 2 unspecified atom stereocenters. The van der Waals surface area contributed by atoms with Crippen LogP contribution in [-0.2, 0) is 13.3 Å². The first-order valence-corrected chi connectivity index (χ1v) is 9.90. The topological polar surface area (TPSA) is 27.7 Å². The molecule has 0 heterocycles. The molecule has 0 saturated carbocycles. The highest BCUT2D eigenvalue weighted by atomic mass is 35.5. The molecule has 0 amide bonds. The van der Waals surface area contributed by atoms with E-state index < -0.39 is 8.80 Å². The number of rotatable bonds is 9. The summed E-state index contributed by atoms with van der Waals surface area (Å²) < 4.78 is 17.9. The number of alkyl halides is 1. The van der Waals surface area contributed by atoms with E-state index in [0.717, 1.165) is 11.1 Å². The van der Waals surface area contributed by atoms with E-state index in [0.29, 0.717) is 19.8 Å². The lowest BCUT2D eigenvalue weighted by molar-refractivity contribution is 0.0633. The lowest BCUT2D eigenvalue weighted by Crippen LogP contribution is -2.51. The Balaban J connectivity index is 3.04. The largest absolute Gasteiger partial charge is 0.508 e. The average molecular weight is 331 g/mol. The van der Waals surface area contributed by atoms with Gasteiger partial charge >= 0.3 is 8.80 Å². The van der Waals surface area contributed by atoms with Crippen LogP contribution in [0.5, 0.6) is 0 Å². The van der Waals surface area contributed by atoms with Gasteiger partial charge in [-0.3, -0.25) is 0 Å². The second-order valence-corrected chi connectivity index (χ2v) is 8.50. The van der Waals surface area contributed by atoms with Gasteiger partial charge in [-0.1, -0.05) is 31.2 Å². The highest BCUT2D eigenvalue weighted by molar-refractivity contribution is 6.62. The molecule has 120 valence electrons. The SMILES string of the molecule is CCO[Si](OCC)(OCC)C(C)c1ccc(C(C)Cl)cc1. The Morgan fingerprint density at radius 2 is 1.24 bits per heavy atom. The Morgan fingerprint density at radius 1 is 0.857 bits per heavy atom. The van der Waals surface area contributed by atoms with Gasteiger partial charge in [0.1, 0.15) is 0 Å². The van der Waals surface area contributed by atoms with Crippen molar-refractivity contribution in [3.8, 4) is 0 Å². The van der Waals surface area contributed by atoms with Crippen LogP contribution in [0.1, 0.15) is 56.7 Å². The van der Waals surface area contributed by atoms with Crippen molar-refractivity contribution in [2.75, 3.05) is 19.8 Å². The molecule has 0 aliphatic rings.